The van der Waals surface area contributed by atoms with Crippen LogP contribution in [0.2, 0.25) is 0 Å². The van der Waals surface area contributed by atoms with E-state index < -0.39 is 23.3 Å². The highest BCUT2D eigenvalue weighted by Gasteiger charge is 2.33. The summed E-state index contributed by atoms with van der Waals surface area (Å²) in [5.41, 5.74) is -2.45. The van der Waals surface area contributed by atoms with Crippen LogP contribution in [0.3, 0.4) is 0 Å². The van der Waals surface area contributed by atoms with Gasteiger partial charge >= 0.3 is 6.18 Å². The van der Waals surface area contributed by atoms with E-state index in [-0.39, 0.29) is 17.6 Å². The van der Waals surface area contributed by atoms with Crippen LogP contribution in [0.5, 0.6) is 0 Å². The molecule has 0 aromatic carbocycles. The van der Waals surface area contributed by atoms with Crippen LogP contribution < -0.4 is 10.9 Å². The van der Waals surface area contributed by atoms with E-state index >= 15 is 0 Å². The van der Waals surface area contributed by atoms with E-state index in [1.165, 1.54) is 4.90 Å². The molecule has 0 radical (unpaired) electrons. The van der Waals surface area contributed by atoms with Gasteiger partial charge in [-0.3, -0.25) is 9.59 Å². The third kappa shape index (κ3) is 3.44. The summed E-state index contributed by atoms with van der Waals surface area (Å²) in [5.74, 6) is -0.551. The molecule has 21 heavy (non-hydrogen) atoms. The van der Waals surface area contributed by atoms with Crippen molar-refractivity contribution < 1.29 is 18.0 Å². The van der Waals surface area contributed by atoms with E-state index in [2.05, 4.69) is 5.32 Å². The summed E-state index contributed by atoms with van der Waals surface area (Å²) in [6.45, 7) is 4.60. The van der Waals surface area contributed by atoms with E-state index in [4.69, 9.17) is 0 Å². The van der Waals surface area contributed by atoms with Gasteiger partial charge in [-0.1, -0.05) is 0 Å². The van der Waals surface area contributed by atoms with Gasteiger partial charge in [0.2, 0.25) is 0 Å². The summed E-state index contributed by atoms with van der Waals surface area (Å²) in [5, 5.41) is 3.23. The van der Waals surface area contributed by atoms with E-state index in [1.807, 2.05) is 13.8 Å². The number of rotatable bonds is 1. The molecule has 5 nitrogen and oxygen atoms in total. The van der Waals surface area contributed by atoms with Crippen LogP contribution in [-0.2, 0) is 6.18 Å². The number of nitrogens with zero attached hydrogens (tertiary/aromatic N) is 1. The molecule has 1 saturated heterocycles. The highest BCUT2D eigenvalue weighted by Crippen LogP contribution is 2.26. The van der Waals surface area contributed by atoms with Crippen molar-refractivity contribution in [3.05, 3.63) is 33.7 Å². The minimum atomic E-state index is -4.64. The molecule has 1 aromatic heterocycles. The van der Waals surface area contributed by atoms with Gasteiger partial charge in [0.15, 0.2) is 0 Å². The van der Waals surface area contributed by atoms with Crippen molar-refractivity contribution in [3.8, 4) is 0 Å². The Hall–Kier alpha value is -1.83. The van der Waals surface area contributed by atoms with Crippen molar-refractivity contribution in [2.75, 3.05) is 13.1 Å². The Morgan fingerprint density at radius 3 is 2.29 bits per heavy atom. The molecule has 1 aliphatic rings. The number of carbonyl (C=O) groups excluding carboxylic acids is 1. The SMILES string of the molecule is C[C@@H]1CN(C(=O)c2ccc(C(F)(F)F)[nH]c2=O)C[C@@H](C)N1. The first-order valence-corrected chi connectivity index (χ1v) is 6.54. The molecule has 2 N–H and O–H groups in total. The highest BCUT2D eigenvalue weighted by atomic mass is 19.4. The van der Waals surface area contributed by atoms with Crippen LogP contribution in [0.25, 0.3) is 0 Å². The predicted octanol–water partition coefficient (Wildman–Crippen LogP) is 1.22. The lowest BCUT2D eigenvalue weighted by Gasteiger charge is -2.36. The number of nitrogens with one attached hydrogen (secondary N) is 2. The molecule has 0 spiro atoms. The van der Waals surface area contributed by atoms with Gasteiger partial charge in [-0.25, -0.2) is 0 Å². The molecule has 0 aliphatic carbocycles. The van der Waals surface area contributed by atoms with Crippen molar-refractivity contribution in [2.45, 2.75) is 32.1 Å². The minimum Gasteiger partial charge on any atom is -0.335 e. The van der Waals surface area contributed by atoms with Crippen molar-refractivity contribution in [1.82, 2.24) is 15.2 Å². The van der Waals surface area contributed by atoms with Gasteiger partial charge in [-0.2, -0.15) is 13.2 Å². The quantitative estimate of drug-likeness (QED) is 0.820. The fraction of sp³-hybridized carbons (Fsp3) is 0.538. The number of halogens is 3. The third-order valence-electron chi connectivity index (χ3n) is 3.29. The predicted molar refractivity (Wildman–Crippen MR) is 70.0 cm³/mol. The van der Waals surface area contributed by atoms with Crippen LogP contribution in [0.1, 0.15) is 29.9 Å². The lowest BCUT2D eigenvalue weighted by molar-refractivity contribution is -0.141. The number of piperazine rings is 1. The molecular formula is C13H16F3N3O2. The number of hydrogen-bond donors (Lipinski definition) is 2. The van der Waals surface area contributed by atoms with E-state index in [0.717, 1.165) is 6.07 Å². The number of aromatic amines is 1. The Kier molecular flexibility index (Phi) is 4.08. The average molecular weight is 303 g/mol. The Labute approximate surface area is 119 Å². The van der Waals surface area contributed by atoms with Gasteiger partial charge in [0.1, 0.15) is 11.3 Å². The maximum atomic E-state index is 12.5. The lowest BCUT2D eigenvalue weighted by atomic mass is 10.1. The standard InChI is InChI=1S/C13H16F3N3O2/c1-7-5-19(6-8(2)17-7)12(21)9-3-4-10(13(14,15)16)18-11(9)20/h3-4,7-8,17H,5-6H2,1-2H3,(H,18,20)/t7-,8-/m1/s1. The van der Waals surface area contributed by atoms with Crippen LogP contribution >= 0.6 is 0 Å². The molecule has 0 saturated carbocycles. The summed E-state index contributed by atoms with van der Waals surface area (Å²) in [4.78, 5) is 27.2. The summed E-state index contributed by atoms with van der Waals surface area (Å²) in [6, 6.07) is 1.77. The number of carbonyl (C=O) groups is 1. The zero-order valence-electron chi connectivity index (χ0n) is 11.6. The molecule has 116 valence electrons. The van der Waals surface area contributed by atoms with Gasteiger partial charge in [0.25, 0.3) is 11.5 Å². The van der Waals surface area contributed by atoms with Crippen molar-refractivity contribution in [3.63, 3.8) is 0 Å². The number of alkyl halides is 3. The second-order valence-electron chi connectivity index (χ2n) is 5.29. The maximum absolute atomic E-state index is 12.5. The fourth-order valence-corrected chi connectivity index (χ4v) is 2.47. The van der Waals surface area contributed by atoms with Crippen molar-refractivity contribution in [2.24, 2.45) is 0 Å². The number of aromatic nitrogens is 1. The molecule has 2 heterocycles. The molecule has 0 unspecified atom stereocenters. The monoisotopic (exact) mass is 303 g/mol. The molecule has 0 bridgehead atoms. The van der Waals surface area contributed by atoms with Crippen LogP contribution in [0.4, 0.5) is 13.2 Å². The third-order valence-corrected chi connectivity index (χ3v) is 3.29. The molecule has 8 heteroatoms. The average Bonchev–Trinajstić information content (AvgIpc) is 2.35. The van der Waals surface area contributed by atoms with Crippen LogP contribution in [0, 0.1) is 0 Å². The lowest BCUT2D eigenvalue weighted by Crippen LogP contribution is -2.56. The second kappa shape index (κ2) is 5.51. The Bertz CT molecular complexity index is 587. The Balaban J connectivity index is 2.26. The molecule has 1 aromatic rings. The maximum Gasteiger partial charge on any atom is 0.431 e. The smallest absolute Gasteiger partial charge is 0.335 e. The van der Waals surface area contributed by atoms with Gasteiger partial charge < -0.3 is 15.2 Å². The number of pyridine rings is 1. The van der Waals surface area contributed by atoms with E-state index in [9.17, 15) is 22.8 Å². The zero-order chi connectivity index (χ0) is 15.8. The van der Waals surface area contributed by atoms with E-state index in [1.54, 1.807) is 4.98 Å². The number of H-pyrrole nitrogens is 1. The first-order chi connectivity index (χ1) is 9.68. The molecular weight excluding hydrogens is 287 g/mol. The zero-order valence-corrected chi connectivity index (χ0v) is 11.6. The van der Waals surface area contributed by atoms with E-state index in [0.29, 0.717) is 19.2 Å². The molecule has 1 amide bonds. The van der Waals surface area contributed by atoms with Crippen LogP contribution in [0.15, 0.2) is 16.9 Å². The first kappa shape index (κ1) is 15.6. The summed E-state index contributed by atoms with van der Waals surface area (Å²) < 4.78 is 37.5. The van der Waals surface area contributed by atoms with Crippen LogP contribution in [-0.4, -0.2) is 41.0 Å². The molecule has 1 aliphatic heterocycles. The van der Waals surface area contributed by atoms with Crippen molar-refractivity contribution >= 4 is 5.91 Å². The minimum absolute atomic E-state index is 0.0613. The molecule has 2 atom stereocenters. The first-order valence-electron chi connectivity index (χ1n) is 6.54. The van der Waals surface area contributed by atoms with Gasteiger partial charge in [-0.05, 0) is 26.0 Å². The summed E-state index contributed by atoms with van der Waals surface area (Å²) >= 11 is 0. The Morgan fingerprint density at radius 1 is 1.24 bits per heavy atom. The number of amides is 1. The normalized spacial score (nSPS) is 23.2. The van der Waals surface area contributed by atoms with Gasteiger partial charge in [0, 0.05) is 25.2 Å². The largest absolute Gasteiger partial charge is 0.431 e. The number of hydrogen-bond acceptors (Lipinski definition) is 3. The van der Waals surface area contributed by atoms with Gasteiger partial charge in [0.05, 0.1) is 0 Å². The molecule has 1 fully saturated rings. The topological polar surface area (TPSA) is 65.2 Å². The van der Waals surface area contributed by atoms with Crippen molar-refractivity contribution in [1.29, 1.82) is 0 Å². The summed E-state index contributed by atoms with van der Waals surface area (Å²) in [7, 11) is 0. The highest BCUT2D eigenvalue weighted by molar-refractivity contribution is 5.94. The van der Waals surface area contributed by atoms with Gasteiger partial charge in [-0.15, -0.1) is 0 Å². The Morgan fingerprint density at radius 2 is 1.81 bits per heavy atom. The summed E-state index contributed by atoms with van der Waals surface area (Å²) in [6.07, 6.45) is -4.64. The second-order valence-corrected chi connectivity index (χ2v) is 5.29. The molecule has 2 rings (SSSR count). The fourth-order valence-electron chi connectivity index (χ4n) is 2.47.